The Balaban J connectivity index is 3.56. The highest BCUT2D eigenvalue weighted by Gasteiger charge is 2.37. The minimum atomic E-state index is -1.13. The van der Waals surface area contributed by atoms with E-state index in [0.717, 1.165) is 19.3 Å². The van der Waals surface area contributed by atoms with Gasteiger partial charge in [-0.1, -0.05) is 44.2 Å². The van der Waals surface area contributed by atoms with Crippen LogP contribution in [0.3, 0.4) is 0 Å². The smallest absolute Gasteiger partial charge is 0.408 e. The first-order valence-corrected chi connectivity index (χ1v) is 13.5. The van der Waals surface area contributed by atoms with Crippen molar-refractivity contribution in [2.45, 2.75) is 110 Å². The average Bonchev–Trinajstić information content (AvgIpc) is 2.81. The number of nitrogens with one attached hydrogen (secondary N) is 2. The number of unbranched alkanes of at least 4 members (excludes halogenated alkanes) is 3. The standard InChI is InChI=1S/C30H46N4O5/c1-9-11-12-13-20-34(27(37)23(18-19-24(31)35)32-28(38)39-30(6,7)8)25(26(36)33-29(3,4)5)22-16-14-21(10-2)15-17-22/h2,14-17,23,25H,9,11-13,18-20H2,1,3-8H3,(H2,31,35)(H,32,38)(H,33,36). The summed E-state index contributed by atoms with van der Waals surface area (Å²) in [6, 6.07) is 4.77. The van der Waals surface area contributed by atoms with E-state index in [1.165, 1.54) is 4.90 Å². The second-order valence-electron chi connectivity index (χ2n) is 11.7. The van der Waals surface area contributed by atoms with E-state index in [-0.39, 0.29) is 25.3 Å². The number of carbonyl (C=O) groups is 4. The summed E-state index contributed by atoms with van der Waals surface area (Å²) in [5, 5.41) is 5.59. The Morgan fingerprint density at radius 2 is 1.64 bits per heavy atom. The third-order valence-corrected chi connectivity index (χ3v) is 5.66. The molecule has 9 nitrogen and oxygen atoms in total. The first-order valence-electron chi connectivity index (χ1n) is 13.5. The van der Waals surface area contributed by atoms with Crippen LogP contribution in [-0.2, 0) is 19.1 Å². The van der Waals surface area contributed by atoms with Crippen LogP contribution in [0.2, 0.25) is 0 Å². The maximum atomic E-state index is 14.1. The fraction of sp³-hybridized carbons (Fsp3) is 0.600. The molecule has 2 atom stereocenters. The lowest BCUT2D eigenvalue weighted by molar-refractivity contribution is -0.143. The molecule has 0 aromatic heterocycles. The minimum Gasteiger partial charge on any atom is -0.444 e. The van der Waals surface area contributed by atoms with Crippen LogP contribution in [0.4, 0.5) is 4.79 Å². The van der Waals surface area contributed by atoms with Gasteiger partial charge in [-0.15, -0.1) is 6.42 Å². The number of rotatable bonds is 13. The third-order valence-electron chi connectivity index (χ3n) is 5.66. The van der Waals surface area contributed by atoms with Gasteiger partial charge >= 0.3 is 6.09 Å². The molecule has 0 saturated carbocycles. The van der Waals surface area contributed by atoms with Crippen LogP contribution < -0.4 is 16.4 Å². The van der Waals surface area contributed by atoms with Crippen molar-refractivity contribution >= 4 is 23.8 Å². The Morgan fingerprint density at radius 3 is 2.13 bits per heavy atom. The van der Waals surface area contributed by atoms with E-state index in [4.69, 9.17) is 16.9 Å². The van der Waals surface area contributed by atoms with Crippen molar-refractivity contribution < 1.29 is 23.9 Å². The number of hydrogen-bond acceptors (Lipinski definition) is 5. The van der Waals surface area contributed by atoms with E-state index in [1.54, 1.807) is 45.0 Å². The molecule has 0 aliphatic heterocycles. The number of nitrogens with zero attached hydrogens (tertiary/aromatic N) is 1. The highest BCUT2D eigenvalue weighted by molar-refractivity contribution is 5.92. The normalized spacial score (nSPS) is 13.0. The van der Waals surface area contributed by atoms with Crippen molar-refractivity contribution in [3.8, 4) is 12.3 Å². The van der Waals surface area contributed by atoms with Gasteiger partial charge in [-0.05, 0) is 72.1 Å². The van der Waals surface area contributed by atoms with Crippen LogP contribution in [0.15, 0.2) is 24.3 Å². The number of nitrogens with two attached hydrogens (primary N) is 1. The molecule has 0 aliphatic carbocycles. The monoisotopic (exact) mass is 542 g/mol. The second kappa shape index (κ2) is 15.2. The van der Waals surface area contributed by atoms with E-state index in [1.807, 2.05) is 20.8 Å². The SMILES string of the molecule is C#Cc1ccc(C(C(=O)NC(C)(C)C)N(CCCCCC)C(=O)C(CCC(N)=O)NC(=O)OC(C)(C)C)cc1. The third kappa shape index (κ3) is 12.7. The molecule has 0 spiro atoms. The Labute approximate surface area is 233 Å². The molecule has 0 aliphatic rings. The highest BCUT2D eigenvalue weighted by Crippen LogP contribution is 2.26. The van der Waals surface area contributed by atoms with Crippen molar-refractivity contribution in [1.29, 1.82) is 0 Å². The predicted octanol–water partition coefficient (Wildman–Crippen LogP) is 4.19. The van der Waals surface area contributed by atoms with E-state index in [0.29, 0.717) is 17.5 Å². The predicted molar refractivity (Wildman–Crippen MR) is 152 cm³/mol. The number of benzene rings is 1. The maximum Gasteiger partial charge on any atom is 0.408 e. The lowest BCUT2D eigenvalue weighted by Crippen LogP contribution is -2.55. The molecular formula is C30H46N4O5. The molecule has 4 amide bonds. The van der Waals surface area contributed by atoms with Gasteiger partial charge < -0.3 is 26.0 Å². The number of primary amides is 1. The van der Waals surface area contributed by atoms with Crippen molar-refractivity contribution in [1.82, 2.24) is 15.5 Å². The van der Waals surface area contributed by atoms with E-state index >= 15 is 0 Å². The molecule has 216 valence electrons. The highest BCUT2D eigenvalue weighted by atomic mass is 16.6. The molecule has 9 heteroatoms. The molecule has 39 heavy (non-hydrogen) atoms. The van der Waals surface area contributed by atoms with Gasteiger partial charge in [0, 0.05) is 24.1 Å². The summed E-state index contributed by atoms with van der Waals surface area (Å²) in [5.41, 5.74) is 5.22. The summed E-state index contributed by atoms with van der Waals surface area (Å²) in [7, 11) is 0. The Bertz CT molecular complexity index is 1020. The Kier molecular flexibility index (Phi) is 13.0. The zero-order valence-electron chi connectivity index (χ0n) is 24.6. The van der Waals surface area contributed by atoms with Crippen LogP contribution in [0.5, 0.6) is 0 Å². The van der Waals surface area contributed by atoms with Crippen molar-refractivity contribution in [3.63, 3.8) is 0 Å². The van der Waals surface area contributed by atoms with Crippen LogP contribution in [0.25, 0.3) is 0 Å². The molecule has 4 N–H and O–H groups in total. The van der Waals surface area contributed by atoms with E-state index in [2.05, 4.69) is 23.5 Å². The summed E-state index contributed by atoms with van der Waals surface area (Å²) in [6.45, 7) is 13.0. The van der Waals surface area contributed by atoms with Crippen LogP contribution in [0, 0.1) is 12.3 Å². The van der Waals surface area contributed by atoms with E-state index < -0.39 is 41.1 Å². The first kappa shape index (κ1) is 33.5. The molecule has 0 radical (unpaired) electrons. The van der Waals surface area contributed by atoms with E-state index in [9.17, 15) is 19.2 Å². The lowest BCUT2D eigenvalue weighted by atomic mass is 9.98. The summed E-state index contributed by atoms with van der Waals surface area (Å²) >= 11 is 0. The molecule has 1 rings (SSSR count). The summed E-state index contributed by atoms with van der Waals surface area (Å²) in [6.07, 6.45) is 8.03. The zero-order valence-corrected chi connectivity index (χ0v) is 24.6. The summed E-state index contributed by atoms with van der Waals surface area (Å²) in [4.78, 5) is 53.6. The van der Waals surface area contributed by atoms with Gasteiger partial charge in [-0.3, -0.25) is 14.4 Å². The van der Waals surface area contributed by atoms with Crippen molar-refractivity contribution in [2.75, 3.05) is 6.54 Å². The van der Waals surface area contributed by atoms with Crippen LogP contribution in [-0.4, -0.2) is 52.4 Å². The number of ether oxygens (including phenoxy) is 1. The molecule has 0 bridgehead atoms. The molecular weight excluding hydrogens is 496 g/mol. The van der Waals surface area contributed by atoms with Crippen LogP contribution >= 0.6 is 0 Å². The molecule has 0 fully saturated rings. The molecule has 1 aromatic carbocycles. The number of terminal acetylenes is 1. The summed E-state index contributed by atoms with van der Waals surface area (Å²) in [5.74, 6) is 1.07. The number of alkyl carbamates (subject to hydrolysis) is 1. The molecule has 1 aromatic rings. The van der Waals surface area contributed by atoms with Gasteiger partial charge in [0.15, 0.2) is 0 Å². The summed E-state index contributed by atoms with van der Waals surface area (Å²) < 4.78 is 5.37. The fourth-order valence-corrected chi connectivity index (χ4v) is 3.94. The molecule has 2 unspecified atom stereocenters. The molecule has 0 heterocycles. The van der Waals surface area contributed by atoms with Gasteiger partial charge in [-0.2, -0.15) is 0 Å². The largest absolute Gasteiger partial charge is 0.444 e. The fourth-order valence-electron chi connectivity index (χ4n) is 3.94. The topological polar surface area (TPSA) is 131 Å². The van der Waals surface area contributed by atoms with Gasteiger partial charge in [0.05, 0.1) is 0 Å². The zero-order chi connectivity index (χ0) is 29.8. The average molecular weight is 543 g/mol. The number of carbonyl (C=O) groups excluding carboxylic acids is 4. The first-order chi connectivity index (χ1) is 18.1. The molecule has 0 saturated heterocycles. The number of hydrogen-bond donors (Lipinski definition) is 3. The minimum absolute atomic E-state index is 0.0392. The maximum absolute atomic E-state index is 14.1. The van der Waals surface area contributed by atoms with Gasteiger partial charge in [0.1, 0.15) is 17.7 Å². The van der Waals surface area contributed by atoms with Gasteiger partial charge in [-0.25, -0.2) is 4.79 Å². The number of amides is 4. The lowest BCUT2D eigenvalue weighted by Gasteiger charge is -2.36. The second-order valence-corrected chi connectivity index (χ2v) is 11.7. The van der Waals surface area contributed by atoms with Crippen LogP contribution in [0.1, 0.15) is 104 Å². The van der Waals surface area contributed by atoms with Gasteiger partial charge in [0.2, 0.25) is 17.7 Å². The Hall–Kier alpha value is -3.54. The van der Waals surface area contributed by atoms with Crippen molar-refractivity contribution in [2.24, 2.45) is 5.73 Å². The van der Waals surface area contributed by atoms with Gasteiger partial charge in [0.25, 0.3) is 0 Å². The Morgan fingerprint density at radius 1 is 1.03 bits per heavy atom. The quantitative estimate of drug-likeness (QED) is 0.254. The van der Waals surface area contributed by atoms with Crippen molar-refractivity contribution in [3.05, 3.63) is 35.4 Å².